The van der Waals surface area contributed by atoms with Gasteiger partial charge in [-0.15, -0.1) is 12.4 Å². The molecule has 1 aliphatic rings. The summed E-state index contributed by atoms with van der Waals surface area (Å²) in [4.78, 5) is 12.4. The van der Waals surface area contributed by atoms with Gasteiger partial charge >= 0.3 is 0 Å². The van der Waals surface area contributed by atoms with Crippen LogP contribution in [0, 0.1) is 5.92 Å². The second-order valence-corrected chi connectivity index (χ2v) is 8.09. The number of halogens is 1. The Balaban J connectivity index is 0.00000312. The van der Waals surface area contributed by atoms with Gasteiger partial charge in [0, 0.05) is 18.2 Å². The van der Waals surface area contributed by atoms with Crippen LogP contribution in [0.4, 0.5) is 0 Å². The highest BCUT2D eigenvalue weighted by molar-refractivity contribution is 7.89. The summed E-state index contributed by atoms with van der Waals surface area (Å²) in [6.45, 7) is 6.35. The van der Waals surface area contributed by atoms with Gasteiger partial charge in [0.05, 0.1) is 4.90 Å². The van der Waals surface area contributed by atoms with Crippen LogP contribution >= 0.6 is 12.4 Å². The number of hydrogen-bond acceptors (Lipinski definition) is 4. The Bertz CT molecular complexity index is 644. The van der Waals surface area contributed by atoms with E-state index >= 15 is 0 Å². The molecule has 0 bridgehead atoms. The number of nitrogens with one attached hydrogen (secondary N) is 3. The number of amides is 1. The quantitative estimate of drug-likeness (QED) is 0.664. The fourth-order valence-electron chi connectivity index (χ4n) is 2.64. The van der Waals surface area contributed by atoms with E-state index in [9.17, 15) is 13.2 Å². The van der Waals surface area contributed by atoms with Gasteiger partial charge in [-0.1, -0.05) is 6.92 Å². The number of carbonyl (C=O) groups excluding carboxylic acids is 1. The first-order valence-corrected chi connectivity index (χ1v) is 10.0. The lowest BCUT2D eigenvalue weighted by atomic mass is 10.00. The molecule has 1 aliphatic heterocycles. The fourth-order valence-corrected chi connectivity index (χ4v) is 3.97. The molecule has 0 aliphatic carbocycles. The van der Waals surface area contributed by atoms with Crippen LogP contribution in [-0.4, -0.2) is 40.0 Å². The van der Waals surface area contributed by atoms with Gasteiger partial charge in [0.2, 0.25) is 10.0 Å². The third-order valence-corrected chi connectivity index (χ3v) is 5.95. The van der Waals surface area contributed by atoms with Gasteiger partial charge in [-0.25, -0.2) is 13.1 Å². The van der Waals surface area contributed by atoms with Gasteiger partial charge in [0.1, 0.15) is 0 Å². The van der Waals surface area contributed by atoms with E-state index < -0.39 is 10.0 Å². The van der Waals surface area contributed by atoms with Crippen molar-refractivity contribution in [2.75, 3.05) is 19.6 Å². The third-order valence-electron chi connectivity index (χ3n) is 4.35. The van der Waals surface area contributed by atoms with Crippen molar-refractivity contribution in [1.82, 2.24) is 15.4 Å². The average Bonchev–Trinajstić information content (AvgIpc) is 2.60. The van der Waals surface area contributed by atoms with Gasteiger partial charge in [0.25, 0.3) is 5.91 Å². The molecule has 1 aromatic rings. The highest BCUT2D eigenvalue weighted by Gasteiger charge is 2.18. The monoisotopic (exact) mass is 389 g/mol. The SMILES string of the molecule is CCC(C)NS(=O)(=O)c1ccc(C(=O)NCC2CCCNC2)cc1.Cl. The predicted octanol–water partition coefficient (Wildman–Crippen LogP) is 1.91. The average molecular weight is 390 g/mol. The summed E-state index contributed by atoms with van der Waals surface area (Å²) in [5.74, 6) is 0.293. The molecule has 25 heavy (non-hydrogen) atoms. The Morgan fingerprint density at radius 2 is 2.00 bits per heavy atom. The number of carbonyl (C=O) groups is 1. The molecular weight excluding hydrogens is 362 g/mol. The largest absolute Gasteiger partial charge is 0.352 e. The summed E-state index contributed by atoms with van der Waals surface area (Å²) in [6.07, 6.45) is 2.97. The summed E-state index contributed by atoms with van der Waals surface area (Å²) in [5.41, 5.74) is 0.473. The van der Waals surface area contributed by atoms with Crippen LogP contribution in [0.2, 0.25) is 0 Å². The minimum absolute atomic E-state index is 0. The molecule has 6 nitrogen and oxygen atoms in total. The maximum atomic E-state index is 12.2. The van der Waals surface area contributed by atoms with Crippen LogP contribution in [0.3, 0.4) is 0 Å². The molecule has 8 heteroatoms. The van der Waals surface area contributed by atoms with E-state index in [0.29, 0.717) is 18.0 Å². The first kappa shape index (κ1) is 21.9. The highest BCUT2D eigenvalue weighted by atomic mass is 35.5. The second-order valence-electron chi connectivity index (χ2n) is 6.38. The van der Waals surface area contributed by atoms with Crippen LogP contribution < -0.4 is 15.4 Å². The van der Waals surface area contributed by atoms with Gasteiger partial charge in [-0.3, -0.25) is 4.79 Å². The zero-order chi connectivity index (χ0) is 17.6. The molecule has 0 spiro atoms. The van der Waals surface area contributed by atoms with Crippen molar-refractivity contribution in [3.8, 4) is 0 Å². The van der Waals surface area contributed by atoms with E-state index in [2.05, 4.69) is 15.4 Å². The molecule has 2 rings (SSSR count). The molecule has 1 heterocycles. The molecule has 0 radical (unpaired) electrons. The van der Waals surface area contributed by atoms with Crippen LogP contribution in [0.1, 0.15) is 43.5 Å². The minimum Gasteiger partial charge on any atom is -0.352 e. The van der Waals surface area contributed by atoms with Gasteiger partial charge in [-0.2, -0.15) is 0 Å². The molecule has 0 aromatic heterocycles. The van der Waals surface area contributed by atoms with E-state index in [1.54, 1.807) is 12.1 Å². The number of piperidine rings is 1. The van der Waals surface area contributed by atoms with Crippen molar-refractivity contribution in [3.63, 3.8) is 0 Å². The summed E-state index contributed by atoms with van der Waals surface area (Å²) >= 11 is 0. The van der Waals surface area contributed by atoms with E-state index in [1.165, 1.54) is 12.1 Å². The lowest BCUT2D eigenvalue weighted by molar-refractivity contribution is 0.0944. The molecule has 1 saturated heterocycles. The molecular formula is C17H28ClN3O3S. The summed E-state index contributed by atoms with van der Waals surface area (Å²) in [6, 6.07) is 5.94. The number of hydrogen-bond donors (Lipinski definition) is 3. The molecule has 0 saturated carbocycles. The fraction of sp³-hybridized carbons (Fsp3) is 0.588. The Labute approximate surface area is 156 Å². The van der Waals surface area contributed by atoms with Crippen LogP contribution in [-0.2, 0) is 10.0 Å². The zero-order valence-electron chi connectivity index (χ0n) is 14.7. The van der Waals surface area contributed by atoms with Gasteiger partial charge < -0.3 is 10.6 Å². The van der Waals surface area contributed by atoms with Crippen LogP contribution in [0.5, 0.6) is 0 Å². The normalized spacial score (nSPS) is 18.9. The summed E-state index contributed by atoms with van der Waals surface area (Å²) in [7, 11) is -3.53. The Hall–Kier alpha value is -1.15. The molecule has 1 aromatic carbocycles. The first-order chi connectivity index (χ1) is 11.4. The standard InChI is InChI=1S/C17H27N3O3S.ClH/c1-3-13(2)20-24(22,23)16-8-6-15(7-9-16)17(21)19-12-14-5-4-10-18-11-14;/h6-9,13-14,18,20H,3-5,10-12H2,1-2H3,(H,19,21);1H. The lowest BCUT2D eigenvalue weighted by Crippen LogP contribution is -2.38. The molecule has 2 atom stereocenters. The molecule has 3 N–H and O–H groups in total. The van der Waals surface area contributed by atoms with Crippen molar-refractivity contribution in [2.24, 2.45) is 5.92 Å². The van der Waals surface area contributed by atoms with Crippen LogP contribution in [0.15, 0.2) is 29.2 Å². The molecule has 1 fully saturated rings. The van der Waals surface area contributed by atoms with E-state index in [1.807, 2.05) is 13.8 Å². The van der Waals surface area contributed by atoms with Crippen molar-refractivity contribution >= 4 is 28.3 Å². The highest BCUT2D eigenvalue weighted by Crippen LogP contribution is 2.13. The smallest absolute Gasteiger partial charge is 0.251 e. The first-order valence-electron chi connectivity index (χ1n) is 8.53. The topological polar surface area (TPSA) is 87.3 Å². The summed E-state index contributed by atoms with van der Waals surface area (Å²) in [5, 5.41) is 6.24. The summed E-state index contributed by atoms with van der Waals surface area (Å²) < 4.78 is 27.0. The molecule has 142 valence electrons. The molecule has 2 unspecified atom stereocenters. The van der Waals surface area contributed by atoms with E-state index in [-0.39, 0.29) is 29.3 Å². The van der Waals surface area contributed by atoms with Gasteiger partial charge in [0.15, 0.2) is 0 Å². The number of sulfonamides is 1. The van der Waals surface area contributed by atoms with Crippen molar-refractivity contribution in [3.05, 3.63) is 29.8 Å². The number of benzene rings is 1. The second kappa shape index (κ2) is 10.1. The predicted molar refractivity (Wildman–Crippen MR) is 102 cm³/mol. The molecule has 1 amide bonds. The van der Waals surface area contributed by atoms with E-state index in [4.69, 9.17) is 0 Å². The van der Waals surface area contributed by atoms with Crippen LogP contribution in [0.25, 0.3) is 0 Å². The Kier molecular flexibility index (Phi) is 8.85. The van der Waals surface area contributed by atoms with Gasteiger partial charge in [-0.05, 0) is 69.5 Å². The minimum atomic E-state index is -3.53. The maximum Gasteiger partial charge on any atom is 0.251 e. The maximum absolute atomic E-state index is 12.2. The Morgan fingerprint density at radius 3 is 2.56 bits per heavy atom. The Morgan fingerprint density at radius 1 is 1.32 bits per heavy atom. The van der Waals surface area contributed by atoms with Crippen molar-refractivity contribution in [1.29, 1.82) is 0 Å². The zero-order valence-corrected chi connectivity index (χ0v) is 16.4. The lowest BCUT2D eigenvalue weighted by Gasteiger charge is -2.22. The van der Waals surface area contributed by atoms with E-state index in [0.717, 1.165) is 32.4 Å². The van der Waals surface area contributed by atoms with Crippen molar-refractivity contribution < 1.29 is 13.2 Å². The third kappa shape index (κ3) is 6.58. The van der Waals surface area contributed by atoms with Crippen molar-refractivity contribution in [2.45, 2.75) is 44.0 Å². The number of rotatable bonds is 7.